The summed E-state index contributed by atoms with van der Waals surface area (Å²) in [6, 6.07) is 7.49. The van der Waals surface area contributed by atoms with Crippen molar-refractivity contribution in [3.05, 3.63) is 60.2 Å². The average Bonchev–Trinajstić information content (AvgIpc) is 3.24. The Morgan fingerprint density at radius 1 is 1.09 bits per heavy atom. The maximum atomic E-state index is 12.7. The Bertz CT molecular complexity index is 1160. The number of hydrogen-bond donors (Lipinski definition) is 3. The van der Waals surface area contributed by atoms with E-state index in [0.29, 0.717) is 0 Å². The summed E-state index contributed by atoms with van der Waals surface area (Å²) in [4.78, 5) is 34.1. The smallest absolute Gasteiger partial charge is 0.344 e. The molecule has 10 nitrogen and oxygen atoms in total. The number of nitrogens with two attached hydrogens (primary N) is 1. The number of nitrogens with zero attached hydrogens (tertiary/aromatic N) is 5. The predicted molar refractivity (Wildman–Crippen MR) is 119 cm³/mol. The molecule has 4 rings (SSSR count). The van der Waals surface area contributed by atoms with Gasteiger partial charge in [0.15, 0.2) is 0 Å². The molecule has 4 N–H and O–H groups in total. The molecule has 32 heavy (non-hydrogen) atoms. The largest absolute Gasteiger partial charge is 0.368 e. The lowest BCUT2D eigenvalue weighted by molar-refractivity contribution is 0.0972. The zero-order valence-electron chi connectivity index (χ0n) is 17.9. The molecule has 0 atom stereocenters. The van der Waals surface area contributed by atoms with Gasteiger partial charge in [0.2, 0.25) is 5.95 Å². The van der Waals surface area contributed by atoms with Gasteiger partial charge in [0.1, 0.15) is 5.84 Å². The first-order valence-electron chi connectivity index (χ1n) is 10.2. The van der Waals surface area contributed by atoms with E-state index in [2.05, 4.69) is 20.4 Å². The highest BCUT2D eigenvalue weighted by Gasteiger charge is 2.43. The Labute approximate surface area is 185 Å². The molecular formula is C22H24N8O2. The van der Waals surface area contributed by atoms with E-state index in [-0.39, 0.29) is 23.4 Å². The minimum absolute atomic E-state index is 0.143. The minimum Gasteiger partial charge on any atom is -0.368 e. The summed E-state index contributed by atoms with van der Waals surface area (Å²) in [6.45, 7) is 0. The molecule has 2 heterocycles. The van der Waals surface area contributed by atoms with Crippen LogP contribution in [0, 0.1) is 5.41 Å². The molecule has 3 aromatic rings. The Hall–Kier alpha value is -4.08. The van der Waals surface area contributed by atoms with Crippen molar-refractivity contribution in [3.63, 3.8) is 0 Å². The fourth-order valence-corrected chi connectivity index (χ4v) is 3.74. The standard InChI is InChI=1S/C22H24N8O2/c1-29(2)21(32)30-13-16(12-27-30)18(31)28-19(23)22(8-3-9-22)17-6-4-14(5-7-17)15-10-25-20(24)26-11-15/h4-7,10-13H,3,8-9H2,1-2H3,(H2,23,28,31)(H2,24,25,26). The number of nitrogens with one attached hydrogen (secondary N) is 2. The van der Waals surface area contributed by atoms with Gasteiger partial charge in [-0.2, -0.15) is 9.78 Å². The summed E-state index contributed by atoms with van der Waals surface area (Å²) >= 11 is 0. The number of rotatable bonds is 4. The summed E-state index contributed by atoms with van der Waals surface area (Å²) in [5.41, 5.74) is 7.99. The molecule has 0 radical (unpaired) electrons. The van der Waals surface area contributed by atoms with Crippen LogP contribution in [-0.4, -0.2) is 56.5 Å². The number of hydrogen-bond acceptors (Lipinski definition) is 7. The maximum Gasteiger partial charge on any atom is 0.344 e. The van der Waals surface area contributed by atoms with Gasteiger partial charge in [0, 0.05) is 38.2 Å². The molecule has 2 amide bonds. The van der Waals surface area contributed by atoms with E-state index in [1.165, 1.54) is 17.3 Å². The van der Waals surface area contributed by atoms with E-state index in [1.54, 1.807) is 26.5 Å². The van der Waals surface area contributed by atoms with Gasteiger partial charge in [-0.05, 0) is 24.0 Å². The third kappa shape index (κ3) is 3.82. The highest BCUT2D eigenvalue weighted by atomic mass is 16.2. The first-order chi connectivity index (χ1) is 15.3. The van der Waals surface area contributed by atoms with E-state index in [9.17, 15) is 9.59 Å². The number of nitrogen functional groups attached to an aromatic ring is 1. The van der Waals surface area contributed by atoms with Crippen LogP contribution in [0.5, 0.6) is 0 Å². The molecule has 0 aliphatic heterocycles. The minimum atomic E-state index is -0.540. The van der Waals surface area contributed by atoms with Gasteiger partial charge in [-0.1, -0.05) is 30.7 Å². The van der Waals surface area contributed by atoms with Crippen molar-refractivity contribution >= 4 is 23.7 Å². The van der Waals surface area contributed by atoms with Crippen LogP contribution >= 0.6 is 0 Å². The Kier molecular flexibility index (Phi) is 5.43. The van der Waals surface area contributed by atoms with Gasteiger partial charge in [0.25, 0.3) is 5.91 Å². The molecule has 1 aliphatic carbocycles. The van der Waals surface area contributed by atoms with Gasteiger partial charge in [-0.25, -0.2) is 14.8 Å². The predicted octanol–water partition coefficient (Wildman–Crippen LogP) is 2.28. The highest BCUT2D eigenvalue weighted by molar-refractivity contribution is 6.09. The van der Waals surface area contributed by atoms with Gasteiger partial charge in [-0.15, -0.1) is 0 Å². The Morgan fingerprint density at radius 2 is 1.75 bits per heavy atom. The lowest BCUT2D eigenvalue weighted by Gasteiger charge is -2.42. The Morgan fingerprint density at radius 3 is 2.31 bits per heavy atom. The van der Waals surface area contributed by atoms with Crippen LogP contribution in [0.1, 0.15) is 35.2 Å². The van der Waals surface area contributed by atoms with Crippen LogP contribution in [-0.2, 0) is 5.41 Å². The van der Waals surface area contributed by atoms with Crippen LogP contribution in [0.25, 0.3) is 11.1 Å². The van der Waals surface area contributed by atoms with Gasteiger partial charge in [0.05, 0.1) is 17.2 Å². The number of amidine groups is 1. The number of aromatic nitrogens is 4. The lowest BCUT2D eigenvalue weighted by atomic mass is 9.63. The van der Waals surface area contributed by atoms with Crippen LogP contribution in [0.3, 0.4) is 0 Å². The lowest BCUT2D eigenvalue weighted by Crippen LogP contribution is -2.50. The summed E-state index contributed by atoms with van der Waals surface area (Å²) in [6.07, 6.45) is 8.54. The maximum absolute atomic E-state index is 12.7. The summed E-state index contributed by atoms with van der Waals surface area (Å²) < 4.78 is 1.09. The first kappa shape index (κ1) is 21.2. The molecule has 1 aliphatic rings. The van der Waals surface area contributed by atoms with Crippen LogP contribution in [0.4, 0.5) is 10.7 Å². The molecule has 1 fully saturated rings. The van der Waals surface area contributed by atoms with Crippen molar-refractivity contribution in [3.8, 4) is 11.1 Å². The van der Waals surface area contributed by atoms with E-state index in [1.807, 2.05) is 24.3 Å². The third-order valence-electron chi connectivity index (χ3n) is 5.79. The second-order valence-corrected chi connectivity index (χ2v) is 8.02. The molecule has 2 aromatic heterocycles. The SMILES string of the molecule is CN(C)C(=O)n1cc(C(=O)NC(=N)C2(c3ccc(-c4cnc(N)nc4)cc3)CCC2)cn1. The number of benzene rings is 1. The third-order valence-corrected chi connectivity index (χ3v) is 5.79. The molecule has 0 unspecified atom stereocenters. The van der Waals surface area contributed by atoms with Crippen molar-refractivity contribution in [2.75, 3.05) is 19.8 Å². The first-order valence-corrected chi connectivity index (χ1v) is 10.2. The second kappa shape index (κ2) is 8.22. The summed E-state index contributed by atoms with van der Waals surface area (Å²) in [5, 5.41) is 15.3. The zero-order chi connectivity index (χ0) is 22.9. The van der Waals surface area contributed by atoms with Gasteiger partial charge in [-0.3, -0.25) is 10.2 Å². The van der Waals surface area contributed by atoms with E-state index < -0.39 is 11.3 Å². The van der Waals surface area contributed by atoms with Crippen molar-refractivity contribution in [2.24, 2.45) is 0 Å². The van der Waals surface area contributed by atoms with Gasteiger partial charge >= 0.3 is 6.03 Å². The number of anilines is 1. The van der Waals surface area contributed by atoms with Crippen molar-refractivity contribution < 1.29 is 9.59 Å². The van der Waals surface area contributed by atoms with E-state index in [4.69, 9.17) is 11.1 Å². The normalized spacial score (nSPS) is 14.3. The van der Waals surface area contributed by atoms with Gasteiger partial charge < -0.3 is 16.0 Å². The molecule has 1 saturated carbocycles. The van der Waals surface area contributed by atoms with Crippen molar-refractivity contribution in [1.82, 2.24) is 30.0 Å². The molecule has 0 bridgehead atoms. The number of carbonyl (C=O) groups excluding carboxylic acids is 2. The molecule has 10 heteroatoms. The molecule has 164 valence electrons. The van der Waals surface area contributed by atoms with E-state index in [0.717, 1.165) is 40.6 Å². The quantitative estimate of drug-likeness (QED) is 0.426. The fourth-order valence-electron chi connectivity index (χ4n) is 3.74. The summed E-state index contributed by atoms with van der Waals surface area (Å²) in [7, 11) is 3.21. The monoisotopic (exact) mass is 432 g/mol. The highest BCUT2D eigenvalue weighted by Crippen LogP contribution is 2.44. The molecular weight excluding hydrogens is 408 g/mol. The zero-order valence-corrected chi connectivity index (χ0v) is 17.9. The molecule has 0 spiro atoms. The summed E-state index contributed by atoms with van der Waals surface area (Å²) in [5.74, 6) is -0.0988. The number of amides is 2. The Balaban J connectivity index is 1.50. The molecule has 1 aromatic carbocycles. The fraction of sp³-hybridized carbons (Fsp3) is 0.273. The van der Waals surface area contributed by atoms with Crippen molar-refractivity contribution in [1.29, 1.82) is 5.41 Å². The van der Waals surface area contributed by atoms with Crippen LogP contribution in [0.2, 0.25) is 0 Å². The average molecular weight is 432 g/mol. The second-order valence-electron chi connectivity index (χ2n) is 8.02. The van der Waals surface area contributed by atoms with Crippen LogP contribution in [0.15, 0.2) is 49.1 Å². The van der Waals surface area contributed by atoms with Crippen molar-refractivity contribution in [2.45, 2.75) is 24.7 Å². The molecule has 0 saturated heterocycles. The van der Waals surface area contributed by atoms with E-state index >= 15 is 0 Å². The topological polar surface area (TPSA) is 143 Å². The number of carbonyl (C=O) groups is 2. The van der Waals surface area contributed by atoms with Crippen LogP contribution < -0.4 is 11.1 Å².